The van der Waals surface area contributed by atoms with Gasteiger partial charge in [0.1, 0.15) is 17.1 Å². The van der Waals surface area contributed by atoms with Crippen LogP contribution >= 0.6 is 11.3 Å². The Bertz CT molecular complexity index is 1160. The number of hydrogen-bond donors (Lipinski definition) is 1. The number of nitrogens with one attached hydrogen (secondary N) is 1. The molecule has 0 unspecified atom stereocenters. The summed E-state index contributed by atoms with van der Waals surface area (Å²) >= 11 is 1.24. The molecule has 146 valence electrons. The number of hydrogen-bond acceptors (Lipinski definition) is 6. The van der Waals surface area contributed by atoms with E-state index in [1.165, 1.54) is 47.2 Å². The van der Waals surface area contributed by atoms with E-state index < -0.39 is 23.0 Å². The van der Waals surface area contributed by atoms with E-state index in [1.807, 2.05) is 0 Å². The van der Waals surface area contributed by atoms with Gasteiger partial charge in [-0.15, -0.1) is 0 Å². The van der Waals surface area contributed by atoms with E-state index in [1.54, 1.807) is 0 Å². The van der Waals surface area contributed by atoms with Crippen molar-refractivity contribution in [3.63, 3.8) is 0 Å². The second-order valence-corrected chi connectivity index (χ2v) is 7.61. The van der Waals surface area contributed by atoms with Crippen molar-refractivity contribution in [1.82, 2.24) is 14.1 Å². The molecule has 0 saturated carbocycles. The zero-order chi connectivity index (χ0) is 19.8. The molecule has 0 atom stereocenters. The molecule has 28 heavy (non-hydrogen) atoms. The van der Waals surface area contributed by atoms with E-state index in [4.69, 9.17) is 0 Å². The van der Waals surface area contributed by atoms with Gasteiger partial charge in [-0.2, -0.15) is 0 Å². The van der Waals surface area contributed by atoms with E-state index in [0.29, 0.717) is 15.5 Å². The largest absolute Gasteiger partial charge is 0.348 e. The van der Waals surface area contributed by atoms with Gasteiger partial charge in [0.25, 0.3) is 5.56 Å². The summed E-state index contributed by atoms with van der Waals surface area (Å²) in [7, 11) is 1.38. The molecule has 0 radical (unpaired) electrons. The van der Waals surface area contributed by atoms with Crippen molar-refractivity contribution in [3.8, 4) is 0 Å². The van der Waals surface area contributed by atoms with Crippen molar-refractivity contribution in [2.24, 2.45) is 7.05 Å². The Kier molecular flexibility index (Phi) is 4.71. The number of nitrogens with zero attached hydrogens (tertiary/aromatic N) is 4. The second kappa shape index (κ2) is 7.19. The van der Waals surface area contributed by atoms with Crippen LogP contribution in [0.2, 0.25) is 0 Å². The van der Waals surface area contributed by atoms with E-state index in [0.717, 1.165) is 30.5 Å². The van der Waals surface area contributed by atoms with Crippen LogP contribution in [-0.4, -0.2) is 33.1 Å². The summed E-state index contributed by atoms with van der Waals surface area (Å²) in [6.45, 7) is 1.41. The molecule has 1 amide bonds. The average molecular weight is 403 g/mol. The van der Waals surface area contributed by atoms with Crippen LogP contribution in [0.5, 0.6) is 0 Å². The van der Waals surface area contributed by atoms with Crippen LogP contribution in [-0.2, 0) is 18.4 Å². The van der Waals surface area contributed by atoms with Gasteiger partial charge in [-0.1, -0.05) is 11.3 Å². The Morgan fingerprint density at radius 3 is 2.57 bits per heavy atom. The number of rotatable bonds is 4. The van der Waals surface area contributed by atoms with Crippen LogP contribution in [0.1, 0.15) is 12.8 Å². The summed E-state index contributed by atoms with van der Waals surface area (Å²) in [6, 6.07) is 5.32. The number of carbonyl (C=O) groups excluding carboxylic acids is 1. The zero-order valence-corrected chi connectivity index (χ0v) is 16.0. The molecule has 0 spiro atoms. The zero-order valence-electron chi connectivity index (χ0n) is 15.1. The Labute approximate surface area is 162 Å². The maximum atomic E-state index is 13.0. The van der Waals surface area contributed by atoms with Gasteiger partial charge >= 0.3 is 5.69 Å². The molecule has 1 N–H and O–H groups in total. The number of anilines is 2. The fraction of sp³-hybridized carbons (Fsp3) is 0.333. The number of amides is 1. The van der Waals surface area contributed by atoms with Crippen LogP contribution in [0, 0.1) is 5.82 Å². The van der Waals surface area contributed by atoms with Crippen molar-refractivity contribution in [1.29, 1.82) is 0 Å². The minimum absolute atomic E-state index is 0.217. The standard InChI is InChI=1S/C18H18FN5O3S/c1-22-16(26)14-15(21-17(28-14)23-8-2-3-9-23)24(18(22)27)10-13(25)20-12-6-4-11(19)5-7-12/h4-7H,2-3,8-10H2,1H3,(H,20,25). The Morgan fingerprint density at radius 1 is 1.21 bits per heavy atom. The van der Waals surface area contributed by atoms with E-state index in [-0.39, 0.29) is 12.2 Å². The highest BCUT2D eigenvalue weighted by molar-refractivity contribution is 7.22. The molecule has 3 aromatic rings. The lowest BCUT2D eigenvalue weighted by Gasteiger charge is -2.12. The first kappa shape index (κ1) is 18.4. The molecule has 1 fully saturated rings. The summed E-state index contributed by atoms with van der Waals surface area (Å²) in [4.78, 5) is 44.1. The van der Waals surface area contributed by atoms with Gasteiger partial charge in [-0.3, -0.25) is 18.7 Å². The number of carbonyl (C=O) groups is 1. The van der Waals surface area contributed by atoms with Crippen LogP contribution in [0.25, 0.3) is 10.3 Å². The van der Waals surface area contributed by atoms with Crippen molar-refractivity contribution in [3.05, 3.63) is 50.9 Å². The van der Waals surface area contributed by atoms with E-state index in [9.17, 15) is 18.8 Å². The summed E-state index contributed by atoms with van der Waals surface area (Å²) in [5.74, 6) is -0.879. The Balaban J connectivity index is 1.70. The monoisotopic (exact) mass is 403 g/mol. The fourth-order valence-electron chi connectivity index (χ4n) is 3.20. The number of fused-ring (bicyclic) bond motifs is 1. The summed E-state index contributed by atoms with van der Waals surface area (Å²) in [5, 5.41) is 3.30. The predicted molar refractivity (Wildman–Crippen MR) is 106 cm³/mol. The number of benzene rings is 1. The van der Waals surface area contributed by atoms with Crippen LogP contribution in [0.15, 0.2) is 33.9 Å². The number of thiazole rings is 1. The fourth-order valence-corrected chi connectivity index (χ4v) is 4.30. The summed E-state index contributed by atoms with van der Waals surface area (Å²) < 4.78 is 15.5. The molecule has 0 bridgehead atoms. The Hall–Kier alpha value is -3.01. The second-order valence-electron chi connectivity index (χ2n) is 6.63. The maximum absolute atomic E-state index is 13.0. The van der Waals surface area contributed by atoms with Crippen molar-refractivity contribution in [2.45, 2.75) is 19.4 Å². The molecule has 8 nitrogen and oxygen atoms in total. The molecule has 1 aromatic carbocycles. The van der Waals surface area contributed by atoms with Gasteiger partial charge in [0, 0.05) is 25.8 Å². The predicted octanol–water partition coefficient (Wildman–Crippen LogP) is 1.53. The summed E-state index contributed by atoms with van der Waals surface area (Å²) in [5.41, 5.74) is -0.394. The van der Waals surface area contributed by atoms with Crippen molar-refractivity contribution >= 4 is 38.4 Å². The first-order chi connectivity index (χ1) is 13.4. The third-order valence-electron chi connectivity index (χ3n) is 4.68. The highest BCUT2D eigenvalue weighted by atomic mass is 32.1. The van der Waals surface area contributed by atoms with Gasteiger partial charge < -0.3 is 10.2 Å². The molecule has 10 heteroatoms. The van der Waals surface area contributed by atoms with Gasteiger partial charge in [0.05, 0.1) is 0 Å². The van der Waals surface area contributed by atoms with Crippen molar-refractivity contribution < 1.29 is 9.18 Å². The van der Waals surface area contributed by atoms with Crippen LogP contribution in [0.3, 0.4) is 0 Å². The molecule has 1 aliphatic heterocycles. The molecule has 2 aromatic heterocycles. The molecule has 3 heterocycles. The van der Waals surface area contributed by atoms with Gasteiger partial charge in [0.15, 0.2) is 10.8 Å². The van der Waals surface area contributed by atoms with Gasteiger partial charge in [0.2, 0.25) is 5.91 Å². The lowest BCUT2D eigenvalue weighted by atomic mass is 10.3. The normalized spacial score (nSPS) is 14.0. The third kappa shape index (κ3) is 3.31. The summed E-state index contributed by atoms with van der Waals surface area (Å²) in [6.07, 6.45) is 2.11. The average Bonchev–Trinajstić information content (AvgIpc) is 3.35. The van der Waals surface area contributed by atoms with Gasteiger partial charge in [-0.05, 0) is 37.1 Å². The van der Waals surface area contributed by atoms with Crippen molar-refractivity contribution in [2.75, 3.05) is 23.3 Å². The minimum atomic E-state index is -0.606. The van der Waals surface area contributed by atoms with E-state index >= 15 is 0 Å². The first-order valence-corrected chi connectivity index (χ1v) is 9.66. The highest BCUT2D eigenvalue weighted by Gasteiger charge is 2.22. The molecular formula is C18H18FN5O3S. The smallest absolute Gasteiger partial charge is 0.332 e. The lowest BCUT2D eigenvalue weighted by molar-refractivity contribution is -0.116. The molecule has 0 aliphatic carbocycles. The first-order valence-electron chi connectivity index (χ1n) is 8.85. The lowest BCUT2D eigenvalue weighted by Crippen LogP contribution is -2.39. The number of aromatic nitrogens is 3. The van der Waals surface area contributed by atoms with Crippen LogP contribution < -0.4 is 21.5 Å². The highest BCUT2D eigenvalue weighted by Crippen LogP contribution is 2.28. The van der Waals surface area contributed by atoms with Crippen LogP contribution in [0.4, 0.5) is 15.2 Å². The minimum Gasteiger partial charge on any atom is -0.348 e. The third-order valence-corrected chi connectivity index (χ3v) is 5.77. The molecule has 1 saturated heterocycles. The number of halogens is 1. The molecule has 4 rings (SSSR count). The van der Waals surface area contributed by atoms with E-state index in [2.05, 4.69) is 15.2 Å². The molecular weight excluding hydrogens is 385 g/mol. The quantitative estimate of drug-likeness (QED) is 0.714. The molecule has 1 aliphatic rings. The maximum Gasteiger partial charge on any atom is 0.332 e. The topological polar surface area (TPSA) is 89.2 Å². The van der Waals surface area contributed by atoms with Gasteiger partial charge in [-0.25, -0.2) is 14.2 Å². The SMILES string of the molecule is Cn1c(=O)c2sc(N3CCCC3)nc2n(CC(=O)Nc2ccc(F)cc2)c1=O. The Morgan fingerprint density at radius 2 is 1.89 bits per heavy atom.